The number of nitrogens with zero attached hydrogens (tertiary/aromatic N) is 3. The molecule has 3 rings (SSSR count). The second-order valence-electron chi connectivity index (χ2n) is 6.08. The largest absolute Gasteiger partial charge is 0.375 e. The van der Waals surface area contributed by atoms with E-state index in [1.807, 2.05) is 30.3 Å². The van der Waals surface area contributed by atoms with Crippen LogP contribution in [0, 0.1) is 0 Å². The maximum absolute atomic E-state index is 12.2. The summed E-state index contributed by atoms with van der Waals surface area (Å²) in [6.07, 6.45) is 3.83. The van der Waals surface area contributed by atoms with Gasteiger partial charge in [0.05, 0.1) is 6.04 Å². The molecule has 1 aliphatic rings. The number of hydrogen-bond acceptors (Lipinski definition) is 4. The third-order valence-electron chi connectivity index (χ3n) is 4.50. The minimum absolute atomic E-state index is 0.0985. The van der Waals surface area contributed by atoms with E-state index in [-0.39, 0.29) is 11.7 Å². The molecule has 0 amide bonds. The summed E-state index contributed by atoms with van der Waals surface area (Å²) in [4.78, 5) is 27.8. The number of carbonyl (C=O) groups excluding carboxylic acids is 1. The molecule has 0 unspecified atom stereocenters. The number of benzene rings is 1. The molecule has 0 atom stereocenters. The number of aromatic amines is 1. The molecular weight excluding hydrogens is 304 g/mol. The van der Waals surface area contributed by atoms with Gasteiger partial charge in [-0.15, -0.1) is 5.10 Å². The van der Waals surface area contributed by atoms with E-state index in [4.69, 9.17) is 0 Å². The molecule has 2 aromatic rings. The smallest absolute Gasteiger partial charge is 0.343 e. The maximum Gasteiger partial charge on any atom is 0.343 e. The molecule has 0 radical (unpaired) electrons. The number of piperidine rings is 1. The van der Waals surface area contributed by atoms with Crippen molar-refractivity contribution in [1.82, 2.24) is 19.7 Å². The first-order valence-electron chi connectivity index (χ1n) is 8.29. The Bertz CT molecular complexity index is 755. The van der Waals surface area contributed by atoms with E-state index < -0.39 is 0 Å². The van der Waals surface area contributed by atoms with Crippen molar-refractivity contribution < 1.29 is 4.79 Å². The lowest BCUT2D eigenvalue weighted by molar-refractivity contribution is -0.107. The predicted octanol–water partition coefficient (Wildman–Crippen LogP) is 2.37. The number of hydrogen-bond donors (Lipinski definition) is 1. The van der Waals surface area contributed by atoms with Gasteiger partial charge in [-0.3, -0.25) is 4.98 Å². The van der Waals surface area contributed by atoms with E-state index in [1.54, 1.807) is 4.68 Å². The second kappa shape index (κ2) is 7.29. The van der Waals surface area contributed by atoms with E-state index in [0.29, 0.717) is 18.7 Å². The third-order valence-corrected chi connectivity index (χ3v) is 4.50. The van der Waals surface area contributed by atoms with Crippen LogP contribution in [0.5, 0.6) is 0 Å². The van der Waals surface area contributed by atoms with Gasteiger partial charge < -0.3 is 9.69 Å². The molecule has 1 aromatic carbocycles. The van der Waals surface area contributed by atoms with Crippen molar-refractivity contribution in [1.29, 1.82) is 0 Å². The Labute approximate surface area is 140 Å². The van der Waals surface area contributed by atoms with Gasteiger partial charge in [-0.25, -0.2) is 9.48 Å². The fourth-order valence-corrected chi connectivity index (χ4v) is 3.12. The van der Waals surface area contributed by atoms with E-state index in [0.717, 1.165) is 43.5 Å². The number of nitrogens with one attached hydrogen (secondary N) is 1. The zero-order valence-corrected chi connectivity index (χ0v) is 13.6. The van der Waals surface area contributed by atoms with Crippen LogP contribution < -0.4 is 5.69 Å². The van der Waals surface area contributed by atoms with Crippen LogP contribution >= 0.6 is 0 Å². The first-order valence-corrected chi connectivity index (χ1v) is 8.29. The average Bonchev–Trinajstić information content (AvgIpc) is 3.02. The third kappa shape index (κ3) is 3.48. The Hall–Kier alpha value is -2.63. The van der Waals surface area contributed by atoms with Crippen LogP contribution in [0.2, 0.25) is 0 Å². The van der Waals surface area contributed by atoms with Crippen molar-refractivity contribution in [2.45, 2.75) is 31.7 Å². The summed E-state index contributed by atoms with van der Waals surface area (Å²) >= 11 is 0. The summed E-state index contributed by atoms with van der Waals surface area (Å²) in [6.45, 7) is 5.72. The summed E-state index contributed by atoms with van der Waals surface area (Å²) in [5.74, 6) is 0.610. The van der Waals surface area contributed by atoms with Crippen LogP contribution in [0.3, 0.4) is 0 Å². The summed E-state index contributed by atoms with van der Waals surface area (Å²) in [5.41, 5.74) is 1.75. The number of allylic oxidation sites excluding steroid dienone is 1. The highest BCUT2D eigenvalue weighted by atomic mass is 16.2. The lowest BCUT2D eigenvalue weighted by atomic mass is 10.0. The number of H-pyrrole nitrogens is 1. The lowest BCUT2D eigenvalue weighted by Gasteiger charge is -2.34. The molecular formula is C18H22N4O2. The topological polar surface area (TPSA) is 71.0 Å². The molecule has 24 heavy (non-hydrogen) atoms. The predicted molar refractivity (Wildman–Crippen MR) is 92.6 cm³/mol. The van der Waals surface area contributed by atoms with Gasteiger partial charge in [0.15, 0.2) is 5.82 Å². The Morgan fingerprint density at radius 1 is 1.29 bits per heavy atom. The molecule has 1 saturated heterocycles. The number of carbonyl (C=O) groups is 1. The SMILES string of the molecule is C=C(CCC=O)N1CCC(n2nc(-c3ccccc3)[nH]c2=O)CC1. The van der Waals surface area contributed by atoms with Crippen molar-refractivity contribution in [3.05, 3.63) is 53.1 Å². The summed E-state index contributed by atoms with van der Waals surface area (Å²) in [6, 6.07) is 9.75. The Kier molecular flexibility index (Phi) is 4.93. The molecule has 1 fully saturated rings. The molecule has 2 heterocycles. The number of aldehydes is 1. The maximum atomic E-state index is 12.2. The van der Waals surface area contributed by atoms with E-state index in [2.05, 4.69) is 21.6 Å². The first-order chi connectivity index (χ1) is 11.7. The molecule has 6 nitrogen and oxygen atoms in total. The van der Waals surface area contributed by atoms with Crippen LogP contribution in [-0.2, 0) is 4.79 Å². The van der Waals surface area contributed by atoms with Crippen molar-refractivity contribution >= 4 is 6.29 Å². The quantitative estimate of drug-likeness (QED) is 0.827. The van der Waals surface area contributed by atoms with Gasteiger partial charge in [-0.1, -0.05) is 36.9 Å². The lowest BCUT2D eigenvalue weighted by Crippen LogP contribution is -2.36. The highest BCUT2D eigenvalue weighted by Gasteiger charge is 2.24. The molecule has 1 N–H and O–H groups in total. The van der Waals surface area contributed by atoms with Crippen LogP contribution in [0.15, 0.2) is 47.4 Å². The van der Waals surface area contributed by atoms with Crippen molar-refractivity contribution in [3.8, 4) is 11.4 Å². The van der Waals surface area contributed by atoms with Crippen molar-refractivity contribution in [3.63, 3.8) is 0 Å². The molecule has 0 saturated carbocycles. The minimum atomic E-state index is -0.160. The van der Waals surface area contributed by atoms with Crippen LogP contribution in [-0.4, -0.2) is 39.0 Å². The molecule has 1 aromatic heterocycles. The molecule has 6 heteroatoms. The fraction of sp³-hybridized carbons (Fsp3) is 0.389. The van der Waals surface area contributed by atoms with Gasteiger partial charge in [-0.05, 0) is 19.3 Å². The van der Waals surface area contributed by atoms with Gasteiger partial charge >= 0.3 is 5.69 Å². The number of rotatable bonds is 6. The highest BCUT2D eigenvalue weighted by Crippen LogP contribution is 2.24. The van der Waals surface area contributed by atoms with Gasteiger partial charge in [0.25, 0.3) is 0 Å². The van der Waals surface area contributed by atoms with Crippen LogP contribution in [0.1, 0.15) is 31.7 Å². The fourth-order valence-electron chi connectivity index (χ4n) is 3.12. The van der Waals surface area contributed by atoms with Crippen molar-refractivity contribution in [2.75, 3.05) is 13.1 Å². The Balaban J connectivity index is 1.67. The Morgan fingerprint density at radius 3 is 2.67 bits per heavy atom. The van der Waals surface area contributed by atoms with Gasteiger partial charge in [0.2, 0.25) is 0 Å². The van der Waals surface area contributed by atoms with E-state index in [9.17, 15) is 9.59 Å². The molecule has 1 aliphatic heterocycles. The monoisotopic (exact) mass is 326 g/mol. The van der Waals surface area contributed by atoms with Crippen LogP contribution in [0.25, 0.3) is 11.4 Å². The van der Waals surface area contributed by atoms with E-state index in [1.165, 1.54) is 0 Å². The van der Waals surface area contributed by atoms with Gasteiger partial charge in [0, 0.05) is 30.8 Å². The zero-order valence-electron chi connectivity index (χ0n) is 13.6. The van der Waals surface area contributed by atoms with Gasteiger partial charge in [0.1, 0.15) is 6.29 Å². The highest BCUT2D eigenvalue weighted by molar-refractivity contribution is 5.53. The second-order valence-corrected chi connectivity index (χ2v) is 6.08. The van der Waals surface area contributed by atoms with Gasteiger partial charge in [-0.2, -0.15) is 0 Å². The normalized spacial score (nSPS) is 15.4. The number of aromatic nitrogens is 3. The minimum Gasteiger partial charge on any atom is -0.375 e. The summed E-state index contributed by atoms with van der Waals surface area (Å²) in [7, 11) is 0. The van der Waals surface area contributed by atoms with Crippen molar-refractivity contribution in [2.24, 2.45) is 0 Å². The summed E-state index contributed by atoms with van der Waals surface area (Å²) < 4.78 is 1.58. The number of likely N-dealkylation sites (tertiary alicyclic amines) is 1. The first kappa shape index (κ1) is 16.2. The standard InChI is InChI=1S/C18H22N4O2/c1-14(6-5-13-23)21-11-9-16(10-12-21)22-18(24)19-17(20-22)15-7-3-2-4-8-15/h2-4,7-8,13,16H,1,5-6,9-12H2,(H,19,20,24). The molecule has 0 aliphatic carbocycles. The zero-order chi connectivity index (χ0) is 16.9. The van der Waals surface area contributed by atoms with E-state index >= 15 is 0 Å². The molecule has 126 valence electrons. The summed E-state index contributed by atoms with van der Waals surface area (Å²) in [5, 5.41) is 4.48. The molecule has 0 bridgehead atoms. The Morgan fingerprint density at radius 2 is 2.00 bits per heavy atom. The molecule has 0 spiro atoms. The average molecular weight is 326 g/mol. The van der Waals surface area contributed by atoms with Crippen LogP contribution in [0.4, 0.5) is 0 Å².